The zero-order chi connectivity index (χ0) is 18.6. The molecule has 140 valence electrons. The monoisotopic (exact) mass is 357 g/mol. The minimum Gasteiger partial charge on any atom is -0.449 e. The Balaban J connectivity index is 2.07. The van der Waals surface area contributed by atoms with Crippen LogP contribution in [0, 0.1) is 11.7 Å². The number of nitrogens with one attached hydrogen (secondary N) is 1. The summed E-state index contributed by atoms with van der Waals surface area (Å²) in [5, 5.41) is 12.2. The average Bonchev–Trinajstić information content (AvgIpc) is 2.82. The van der Waals surface area contributed by atoms with Crippen molar-refractivity contribution in [3.05, 3.63) is 22.5 Å². The molecule has 1 fully saturated rings. The maximum atomic E-state index is 14.2. The van der Waals surface area contributed by atoms with Crippen molar-refractivity contribution in [1.82, 2.24) is 9.55 Å². The lowest BCUT2D eigenvalue weighted by Gasteiger charge is -2.18. The highest BCUT2D eigenvalue weighted by Gasteiger charge is 2.40. The number of carbonyl (C=O) groups excluding carboxylic acids is 1. The summed E-state index contributed by atoms with van der Waals surface area (Å²) >= 11 is 0. The van der Waals surface area contributed by atoms with Crippen LogP contribution < -0.4 is 11.0 Å². The number of hydrogen-bond acceptors (Lipinski definition) is 6. The van der Waals surface area contributed by atoms with E-state index in [1.807, 2.05) is 6.92 Å². The molecule has 4 unspecified atom stereocenters. The van der Waals surface area contributed by atoms with Crippen LogP contribution in [0.3, 0.4) is 0 Å². The number of aliphatic hydroxyl groups excluding tert-OH is 1. The van der Waals surface area contributed by atoms with Crippen LogP contribution in [0.1, 0.15) is 46.3 Å². The van der Waals surface area contributed by atoms with Crippen molar-refractivity contribution >= 4 is 11.9 Å². The van der Waals surface area contributed by atoms with E-state index in [-0.39, 0.29) is 18.6 Å². The second kappa shape index (κ2) is 8.39. The van der Waals surface area contributed by atoms with E-state index in [1.165, 1.54) is 0 Å². The predicted octanol–water partition coefficient (Wildman–Crippen LogP) is 2.04. The first-order valence-corrected chi connectivity index (χ1v) is 8.41. The summed E-state index contributed by atoms with van der Waals surface area (Å²) in [7, 11) is 0. The topological polar surface area (TPSA) is 103 Å². The second-order valence-corrected chi connectivity index (χ2v) is 6.18. The number of halogens is 1. The number of rotatable bonds is 6. The molecule has 1 amide bonds. The Kier molecular flexibility index (Phi) is 6.49. The van der Waals surface area contributed by atoms with E-state index in [1.54, 1.807) is 13.8 Å². The van der Waals surface area contributed by atoms with Crippen molar-refractivity contribution in [2.24, 2.45) is 5.92 Å². The Bertz CT molecular complexity index is 666. The van der Waals surface area contributed by atoms with Crippen molar-refractivity contribution in [1.29, 1.82) is 0 Å². The molecule has 1 saturated heterocycles. The minimum absolute atomic E-state index is 0.205. The van der Waals surface area contributed by atoms with E-state index < -0.39 is 35.7 Å². The van der Waals surface area contributed by atoms with Crippen LogP contribution in [0.25, 0.3) is 0 Å². The smallest absolute Gasteiger partial charge is 0.412 e. The molecule has 0 saturated carbocycles. The molecule has 1 aliphatic heterocycles. The highest BCUT2D eigenvalue weighted by atomic mass is 19.1. The van der Waals surface area contributed by atoms with Gasteiger partial charge in [0, 0.05) is 5.92 Å². The molecular weight excluding hydrogens is 333 g/mol. The van der Waals surface area contributed by atoms with E-state index in [2.05, 4.69) is 10.3 Å². The maximum Gasteiger partial charge on any atom is 0.412 e. The van der Waals surface area contributed by atoms with E-state index in [4.69, 9.17) is 9.47 Å². The predicted molar refractivity (Wildman–Crippen MR) is 87.7 cm³/mol. The van der Waals surface area contributed by atoms with Gasteiger partial charge in [-0.15, -0.1) is 0 Å². The SMILES string of the molecule is CCCCCOC(=O)Nc1nc(=O)n(C2OC(C)C(C)C2O)cc1F. The standard InChI is InChI=1S/C16H24FN3O5/c1-4-5-6-7-24-16(23)19-13-11(17)8-20(15(22)18-13)14-12(21)9(2)10(3)25-14/h8-10,12,14,21H,4-7H2,1-3H3,(H,18,19,22,23). The summed E-state index contributed by atoms with van der Waals surface area (Å²) in [6.07, 6.45) is 0.313. The molecule has 0 radical (unpaired) electrons. The lowest BCUT2D eigenvalue weighted by molar-refractivity contribution is -0.0353. The fraction of sp³-hybridized carbons (Fsp3) is 0.688. The van der Waals surface area contributed by atoms with Crippen LogP contribution in [-0.4, -0.2) is 39.6 Å². The Morgan fingerprint density at radius 2 is 2.20 bits per heavy atom. The molecule has 4 atom stereocenters. The molecular formula is C16H24FN3O5. The first-order chi connectivity index (χ1) is 11.8. The van der Waals surface area contributed by atoms with Gasteiger partial charge in [-0.1, -0.05) is 26.7 Å². The van der Waals surface area contributed by atoms with Gasteiger partial charge >= 0.3 is 11.8 Å². The van der Waals surface area contributed by atoms with Gasteiger partial charge in [-0.25, -0.2) is 14.0 Å². The Morgan fingerprint density at radius 1 is 1.48 bits per heavy atom. The van der Waals surface area contributed by atoms with Crippen LogP contribution in [0.5, 0.6) is 0 Å². The molecule has 8 nitrogen and oxygen atoms in total. The van der Waals surface area contributed by atoms with Crippen LogP contribution >= 0.6 is 0 Å². The fourth-order valence-electron chi connectivity index (χ4n) is 2.56. The van der Waals surface area contributed by atoms with Crippen molar-refractivity contribution < 1.29 is 23.8 Å². The molecule has 1 aromatic rings. The third kappa shape index (κ3) is 4.55. The average molecular weight is 357 g/mol. The molecule has 0 spiro atoms. The number of aromatic nitrogens is 2. The summed E-state index contributed by atoms with van der Waals surface area (Å²) in [6.45, 7) is 5.75. The molecule has 2 N–H and O–H groups in total. The zero-order valence-electron chi connectivity index (χ0n) is 14.6. The number of amides is 1. The molecule has 1 aliphatic rings. The summed E-state index contributed by atoms with van der Waals surface area (Å²) in [5.41, 5.74) is -0.840. The van der Waals surface area contributed by atoms with E-state index >= 15 is 0 Å². The van der Waals surface area contributed by atoms with Gasteiger partial charge in [0.05, 0.1) is 18.9 Å². The molecule has 9 heteroatoms. The van der Waals surface area contributed by atoms with Gasteiger partial charge in [-0.3, -0.25) is 9.88 Å². The Labute approximate surface area is 145 Å². The van der Waals surface area contributed by atoms with Gasteiger partial charge in [0.1, 0.15) is 6.10 Å². The Morgan fingerprint density at radius 3 is 2.80 bits per heavy atom. The van der Waals surface area contributed by atoms with Gasteiger partial charge in [0.25, 0.3) is 0 Å². The van der Waals surface area contributed by atoms with Gasteiger partial charge in [-0.2, -0.15) is 4.98 Å². The van der Waals surface area contributed by atoms with E-state index in [0.29, 0.717) is 6.42 Å². The Hall–Kier alpha value is -2.00. The first-order valence-electron chi connectivity index (χ1n) is 8.41. The summed E-state index contributed by atoms with van der Waals surface area (Å²) < 4.78 is 25.5. The number of unbranched alkanes of at least 4 members (excludes halogenated alkanes) is 2. The normalized spacial score (nSPS) is 25.8. The van der Waals surface area contributed by atoms with Gasteiger partial charge < -0.3 is 14.6 Å². The zero-order valence-corrected chi connectivity index (χ0v) is 14.6. The fourth-order valence-corrected chi connectivity index (χ4v) is 2.56. The molecule has 0 aliphatic carbocycles. The largest absolute Gasteiger partial charge is 0.449 e. The second-order valence-electron chi connectivity index (χ2n) is 6.18. The van der Waals surface area contributed by atoms with E-state index in [0.717, 1.165) is 23.6 Å². The van der Waals surface area contributed by atoms with Crippen LogP contribution in [0.15, 0.2) is 11.0 Å². The number of hydrogen-bond donors (Lipinski definition) is 2. The molecule has 2 heterocycles. The van der Waals surface area contributed by atoms with Crippen molar-refractivity contribution in [3.8, 4) is 0 Å². The van der Waals surface area contributed by atoms with Crippen LogP contribution in [-0.2, 0) is 9.47 Å². The third-order valence-electron chi connectivity index (χ3n) is 4.31. The number of aliphatic hydroxyl groups is 1. The van der Waals surface area contributed by atoms with Crippen molar-refractivity contribution in [3.63, 3.8) is 0 Å². The number of nitrogens with zero attached hydrogens (tertiary/aromatic N) is 2. The summed E-state index contributed by atoms with van der Waals surface area (Å²) in [4.78, 5) is 27.2. The number of ether oxygens (including phenoxy) is 2. The number of carbonyl (C=O) groups is 1. The lowest BCUT2D eigenvalue weighted by Crippen LogP contribution is -2.34. The third-order valence-corrected chi connectivity index (χ3v) is 4.31. The highest BCUT2D eigenvalue weighted by molar-refractivity contribution is 5.83. The molecule has 0 aromatic carbocycles. The minimum atomic E-state index is -1.02. The van der Waals surface area contributed by atoms with E-state index in [9.17, 15) is 19.1 Å². The van der Waals surface area contributed by atoms with Crippen LogP contribution in [0.4, 0.5) is 15.0 Å². The van der Waals surface area contributed by atoms with Gasteiger partial charge in [0.2, 0.25) is 0 Å². The molecule has 0 bridgehead atoms. The molecule has 25 heavy (non-hydrogen) atoms. The first kappa shape index (κ1) is 19.3. The highest BCUT2D eigenvalue weighted by Crippen LogP contribution is 2.32. The summed E-state index contributed by atoms with van der Waals surface area (Å²) in [5.74, 6) is -1.65. The van der Waals surface area contributed by atoms with Gasteiger partial charge in [0.15, 0.2) is 17.9 Å². The lowest BCUT2D eigenvalue weighted by atomic mass is 10.0. The van der Waals surface area contributed by atoms with Crippen LogP contribution in [0.2, 0.25) is 0 Å². The molecule has 2 rings (SSSR count). The number of anilines is 1. The quantitative estimate of drug-likeness (QED) is 0.755. The van der Waals surface area contributed by atoms with Gasteiger partial charge in [-0.05, 0) is 13.3 Å². The molecule has 1 aromatic heterocycles. The van der Waals surface area contributed by atoms with Crippen molar-refractivity contribution in [2.75, 3.05) is 11.9 Å². The van der Waals surface area contributed by atoms with Crippen molar-refractivity contribution in [2.45, 2.75) is 58.5 Å². The summed E-state index contributed by atoms with van der Waals surface area (Å²) in [6, 6.07) is 0. The maximum absolute atomic E-state index is 14.2.